The maximum Gasteiger partial charge on any atom is 0.307 e. The molecule has 2 N–H and O–H groups in total. The van der Waals surface area contributed by atoms with Gasteiger partial charge in [0.2, 0.25) is 11.8 Å². The third kappa shape index (κ3) is 8.16. The minimum atomic E-state index is -1.23. The number of para-hydroxylation sites is 2. The first-order valence-corrected chi connectivity index (χ1v) is 15.0. The maximum absolute atomic E-state index is 13.9. The number of amides is 2. The largest absolute Gasteiger partial charge is 0.506 e. The molecule has 0 aliphatic carbocycles. The molecule has 0 spiro atoms. The number of hydrogen-bond acceptors (Lipinski definition) is 6. The highest BCUT2D eigenvalue weighted by Crippen LogP contribution is 2.40. The number of rotatable bonds is 12. The summed E-state index contributed by atoms with van der Waals surface area (Å²) in [6, 6.07) is 35.1. The average molecular weight is 609 g/mol. The van der Waals surface area contributed by atoms with Gasteiger partial charge in [-0.2, -0.15) is 0 Å². The van der Waals surface area contributed by atoms with Crippen LogP contribution in [0.4, 0.5) is 5.69 Å². The summed E-state index contributed by atoms with van der Waals surface area (Å²) in [5.41, 5.74) is 3.24. The average Bonchev–Trinajstić information content (AvgIpc) is 3.03. The third-order valence-corrected chi connectivity index (χ3v) is 7.23. The quantitative estimate of drug-likeness (QED) is 0.108. The van der Waals surface area contributed by atoms with Crippen molar-refractivity contribution in [1.29, 1.82) is 0 Å². The number of carbonyl (C=O) groups excluding carboxylic acids is 3. The van der Waals surface area contributed by atoms with Crippen LogP contribution in [0.2, 0.25) is 0 Å². The van der Waals surface area contributed by atoms with Crippen LogP contribution in [0.3, 0.4) is 0 Å². The second-order valence-corrected chi connectivity index (χ2v) is 11.7. The molecule has 0 aliphatic rings. The first-order valence-electron chi connectivity index (χ1n) is 15.0. The van der Waals surface area contributed by atoms with E-state index in [1.165, 1.54) is 11.0 Å². The summed E-state index contributed by atoms with van der Waals surface area (Å²) in [5.74, 6) is -2.90. The van der Waals surface area contributed by atoms with Crippen LogP contribution in [0.1, 0.15) is 57.2 Å². The molecule has 1 unspecified atom stereocenters. The normalized spacial score (nSPS) is 12.2. The number of phenolic OH excluding ortho intramolecular Hbond substituents is 1. The number of esters is 1. The number of carbonyl (C=O) groups is 3. The van der Waals surface area contributed by atoms with Crippen molar-refractivity contribution in [3.05, 3.63) is 132 Å². The van der Waals surface area contributed by atoms with Gasteiger partial charge >= 0.3 is 5.97 Å². The predicted octanol–water partition coefficient (Wildman–Crippen LogP) is 6.52. The number of aromatic hydroxyl groups is 1. The van der Waals surface area contributed by atoms with E-state index in [1.807, 2.05) is 91.0 Å². The third-order valence-electron chi connectivity index (χ3n) is 7.23. The SMILES string of the molecule is CCN(C(=O)C(CC(=O)NOC(c1ccccc1)(c1ccccc1)c1ccccc1)CC(=O)OC(C)(C)C)c1ccccc1O. The van der Waals surface area contributed by atoms with Gasteiger partial charge < -0.3 is 14.7 Å². The molecule has 8 nitrogen and oxygen atoms in total. The summed E-state index contributed by atoms with van der Waals surface area (Å²) in [5, 5.41) is 10.5. The molecule has 4 aromatic carbocycles. The Labute approximate surface area is 264 Å². The van der Waals surface area contributed by atoms with Gasteiger partial charge in [0.25, 0.3) is 0 Å². The van der Waals surface area contributed by atoms with Crippen molar-refractivity contribution in [2.45, 2.75) is 51.7 Å². The molecule has 0 aromatic heterocycles. The Hall–Kier alpha value is -4.95. The van der Waals surface area contributed by atoms with E-state index in [2.05, 4.69) is 5.48 Å². The summed E-state index contributed by atoms with van der Waals surface area (Å²) in [7, 11) is 0. The van der Waals surface area contributed by atoms with E-state index in [4.69, 9.17) is 9.57 Å². The molecule has 0 radical (unpaired) electrons. The fourth-order valence-corrected chi connectivity index (χ4v) is 5.28. The monoisotopic (exact) mass is 608 g/mol. The van der Waals surface area contributed by atoms with Gasteiger partial charge in [0.15, 0.2) is 5.60 Å². The van der Waals surface area contributed by atoms with Crippen LogP contribution in [-0.2, 0) is 29.6 Å². The zero-order valence-electron chi connectivity index (χ0n) is 26.1. The Morgan fingerprint density at radius 2 is 1.20 bits per heavy atom. The lowest BCUT2D eigenvalue weighted by Gasteiger charge is -2.35. The molecule has 0 saturated carbocycles. The first-order chi connectivity index (χ1) is 21.5. The Morgan fingerprint density at radius 3 is 1.64 bits per heavy atom. The Bertz CT molecular complexity index is 1470. The predicted molar refractivity (Wildman–Crippen MR) is 173 cm³/mol. The Kier molecular flexibility index (Phi) is 10.8. The molecule has 2 amide bonds. The van der Waals surface area contributed by atoms with Gasteiger partial charge in [-0.05, 0) is 56.5 Å². The topological polar surface area (TPSA) is 105 Å². The lowest BCUT2D eigenvalue weighted by atomic mass is 9.80. The van der Waals surface area contributed by atoms with Gasteiger partial charge in [-0.3, -0.25) is 19.2 Å². The number of nitrogens with zero attached hydrogens (tertiary/aromatic N) is 1. The summed E-state index contributed by atoms with van der Waals surface area (Å²) in [4.78, 5) is 48.3. The van der Waals surface area contributed by atoms with E-state index >= 15 is 0 Å². The van der Waals surface area contributed by atoms with Crippen LogP contribution in [-0.4, -0.2) is 35.0 Å². The van der Waals surface area contributed by atoms with E-state index in [0.717, 1.165) is 16.7 Å². The van der Waals surface area contributed by atoms with Gasteiger partial charge in [0.1, 0.15) is 11.4 Å². The molecule has 0 fully saturated rings. The van der Waals surface area contributed by atoms with Crippen LogP contribution >= 0.6 is 0 Å². The smallest absolute Gasteiger partial charge is 0.307 e. The molecular weight excluding hydrogens is 568 g/mol. The van der Waals surface area contributed by atoms with E-state index in [9.17, 15) is 19.5 Å². The molecule has 4 aromatic rings. The van der Waals surface area contributed by atoms with Crippen LogP contribution in [0.5, 0.6) is 5.75 Å². The highest BCUT2D eigenvalue weighted by molar-refractivity contribution is 5.99. The van der Waals surface area contributed by atoms with Crippen molar-refractivity contribution in [3.63, 3.8) is 0 Å². The van der Waals surface area contributed by atoms with Crippen LogP contribution in [0.15, 0.2) is 115 Å². The minimum Gasteiger partial charge on any atom is -0.506 e. The summed E-state index contributed by atoms with van der Waals surface area (Å²) in [6.07, 6.45) is -0.703. The van der Waals surface area contributed by atoms with Crippen molar-refractivity contribution >= 4 is 23.5 Å². The lowest BCUT2D eigenvalue weighted by molar-refractivity contribution is -0.158. The van der Waals surface area contributed by atoms with Gasteiger partial charge in [-0.25, -0.2) is 5.48 Å². The zero-order valence-corrected chi connectivity index (χ0v) is 26.1. The fraction of sp³-hybridized carbons (Fsp3) is 0.270. The second kappa shape index (κ2) is 14.7. The number of phenols is 1. The molecule has 4 rings (SSSR count). The molecule has 0 saturated heterocycles. The van der Waals surface area contributed by atoms with Crippen molar-refractivity contribution in [1.82, 2.24) is 5.48 Å². The summed E-state index contributed by atoms with van der Waals surface area (Å²) < 4.78 is 5.51. The van der Waals surface area contributed by atoms with Crippen LogP contribution < -0.4 is 10.4 Å². The van der Waals surface area contributed by atoms with Gasteiger partial charge in [-0.15, -0.1) is 0 Å². The highest BCUT2D eigenvalue weighted by atomic mass is 16.7. The molecule has 0 heterocycles. The molecule has 234 valence electrons. The Balaban J connectivity index is 1.67. The molecule has 8 heteroatoms. The fourth-order valence-electron chi connectivity index (χ4n) is 5.28. The number of anilines is 1. The number of hydrogen-bond donors (Lipinski definition) is 2. The van der Waals surface area contributed by atoms with E-state index in [-0.39, 0.29) is 30.8 Å². The van der Waals surface area contributed by atoms with E-state index in [1.54, 1.807) is 45.9 Å². The van der Waals surface area contributed by atoms with E-state index in [0.29, 0.717) is 0 Å². The summed E-state index contributed by atoms with van der Waals surface area (Å²) >= 11 is 0. The number of hydroxylamine groups is 1. The Morgan fingerprint density at radius 1 is 0.733 bits per heavy atom. The zero-order chi connectivity index (χ0) is 32.5. The van der Waals surface area contributed by atoms with Crippen LogP contribution in [0, 0.1) is 5.92 Å². The number of ether oxygens (including phenoxy) is 1. The van der Waals surface area contributed by atoms with Crippen molar-refractivity contribution < 1.29 is 29.1 Å². The highest BCUT2D eigenvalue weighted by Gasteiger charge is 2.40. The van der Waals surface area contributed by atoms with Crippen LogP contribution in [0.25, 0.3) is 0 Å². The number of benzene rings is 4. The molecular formula is C37H40N2O6. The molecule has 0 aliphatic heterocycles. The summed E-state index contributed by atoms with van der Waals surface area (Å²) in [6.45, 7) is 7.17. The lowest BCUT2D eigenvalue weighted by Crippen LogP contribution is -2.43. The van der Waals surface area contributed by atoms with Crippen molar-refractivity contribution in [2.75, 3.05) is 11.4 Å². The van der Waals surface area contributed by atoms with Gasteiger partial charge in [0.05, 0.1) is 18.0 Å². The standard InChI is InChI=1S/C37H40N2O6/c1-5-39(31-23-15-16-24-32(31)40)35(43)27(26-34(42)44-36(2,3)4)25-33(41)38-45-37(28-17-9-6-10-18-28,29-19-11-7-12-20-29)30-21-13-8-14-22-30/h6-24,27,40H,5,25-26H2,1-4H3,(H,38,41). The molecule has 0 bridgehead atoms. The van der Waals surface area contributed by atoms with E-state index < -0.39 is 34.9 Å². The minimum absolute atomic E-state index is 0.0881. The number of nitrogens with one attached hydrogen (secondary N) is 1. The first kappa shape index (κ1) is 33.0. The van der Waals surface area contributed by atoms with Gasteiger partial charge in [0, 0.05) is 13.0 Å². The van der Waals surface area contributed by atoms with Gasteiger partial charge in [-0.1, -0.05) is 103 Å². The van der Waals surface area contributed by atoms with Crippen molar-refractivity contribution in [2.24, 2.45) is 5.92 Å². The maximum atomic E-state index is 13.9. The molecule has 1 atom stereocenters. The molecule has 45 heavy (non-hydrogen) atoms. The second-order valence-electron chi connectivity index (χ2n) is 11.7. The van der Waals surface area contributed by atoms with Crippen molar-refractivity contribution in [3.8, 4) is 5.75 Å².